The Bertz CT molecular complexity index is 948. The minimum absolute atomic E-state index is 0.123. The summed E-state index contributed by atoms with van der Waals surface area (Å²) in [5, 5.41) is 0.577. The van der Waals surface area contributed by atoms with E-state index in [9.17, 15) is 4.79 Å². The van der Waals surface area contributed by atoms with Gasteiger partial charge >= 0.3 is 0 Å². The number of rotatable bonds is 8. The van der Waals surface area contributed by atoms with Crippen LogP contribution in [0.1, 0.15) is 12.0 Å². The number of thiocarbonyl (C=S) groups is 1. The number of amides is 1. The molecule has 1 aliphatic rings. The Labute approximate surface area is 184 Å². The van der Waals surface area contributed by atoms with Crippen molar-refractivity contribution in [2.75, 3.05) is 27.4 Å². The minimum atomic E-state index is -0.123. The lowest BCUT2D eigenvalue weighted by Crippen LogP contribution is -2.22. The smallest absolute Gasteiger partial charge is 0.265 e. The second-order valence-electron chi connectivity index (χ2n) is 6.10. The molecule has 29 heavy (non-hydrogen) atoms. The predicted molar refractivity (Wildman–Crippen MR) is 121 cm³/mol. The Morgan fingerprint density at radius 1 is 1.10 bits per heavy atom. The van der Waals surface area contributed by atoms with E-state index >= 15 is 0 Å². The number of benzene rings is 2. The van der Waals surface area contributed by atoms with Gasteiger partial charge in [0.15, 0.2) is 11.5 Å². The number of thioether (sulfide) groups is 1. The van der Waals surface area contributed by atoms with Crippen molar-refractivity contribution >= 4 is 51.9 Å². The summed E-state index contributed by atoms with van der Waals surface area (Å²) < 4.78 is 17.6. The molecule has 0 saturated carbocycles. The van der Waals surface area contributed by atoms with Crippen LogP contribution in [-0.4, -0.2) is 42.5 Å². The van der Waals surface area contributed by atoms with E-state index in [1.165, 1.54) is 16.7 Å². The van der Waals surface area contributed by atoms with E-state index < -0.39 is 0 Å². The standard InChI is InChI=1S/C21H20ClNO4S2/c1-23-20(24)18(29-21(23)28)13-14-7-5-10-17(25-2)19(14)27-12-6-11-26-16-9-4-3-8-15(16)22/h3-5,7-10,13H,6,11-12H2,1-2H3/b18-13+. The number of carbonyl (C=O) groups is 1. The third kappa shape index (κ3) is 5.23. The molecule has 0 radical (unpaired) electrons. The molecule has 1 heterocycles. The van der Waals surface area contributed by atoms with E-state index in [4.69, 9.17) is 38.0 Å². The van der Waals surface area contributed by atoms with E-state index in [0.717, 1.165) is 5.56 Å². The number of hydrogen-bond acceptors (Lipinski definition) is 6. The molecule has 1 saturated heterocycles. The van der Waals surface area contributed by atoms with Crippen LogP contribution in [0.25, 0.3) is 6.08 Å². The van der Waals surface area contributed by atoms with Gasteiger partial charge in [-0.1, -0.05) is 59.8 Å². The normalized spacial score (nSPS) is 15.1. The van der Waals surface area contributed by atoms with Crippen LogP contribution in [0, 0.1) is 0 Å². The molecule has 5 nitrogen and oxygen atoms in total. The second-order valence-corrected chi connectivity index (χ2v) is 8.18. The molecule has 1 amide bonds. The Balaban J connectivity index is 1.66. The highest BCUT2D eigenvalue weighted by Gasteiger charge is 2.29. The molecule has 0 spiro atoms. The summed E-state index contributed by atoms with van der Waals surface area (Å²) in [6.07, 6.45) is 2.43. The molecule has 0 unspecified atom stereocenters. The number of hydrogen-bond donors (Lipinski definition) is 0. The zero-order valence-electron chi connectivity index (χ0n) is 16.0. The zero-order chi connectivity index (χ0) is 20.8. The minimum Gasteiger partial charge on any atom is -0.493 e. The van der Waals surface area contributed by atoms with E-state index in [0.29, 0.717) is 51.1 Å². The summed E-state index contributed by atoms with van der Waals surface area (Å²) in [6.45, 7) is 0.878. The van der Waals surface area contributed by atoms with Crippen molar-refractivity contribution in [3.05, 3.63) is 58.0 Å². The van der Waals surface area contributed by atoms with Gasteiger partial charge in [0.05, 0.1) is 30.3 Å². The Morgan fingerprint density at radius 2 is 1.83 bits per heavy atom. The maximum atomic E-state index is 12.3. The molecule has 0 N–H and O–H groups in total. The summed E-state index contributed by atoms with van der Waals surface area (Å²) in [5.41, 5.74) is 0.755. The first-order chi connectivity index (χ1) is 14.0. The third-order valence-corrected chi connectivity index (χ3v) is 5.93. The Morgan fingerprint density at radius 3 is 2.52 bits per heavy atom. The number of nitrogens with zero attached hydrogens (tertiary/aromatic N) is 1. The van der Waals surface area contributed by atoms with Crippen molar-refractivity contribution in [2.45, 2.75) is 6.42 Å². The topological polar surface area (TPSA) is 48.0 Å². The molecule has 8 heteroatoms. The molecular weight excluding hydrogens is 430 g/mol. The molecule has 1 aliphatic heterocycles. The highest BCUT2D eigenvalue weighted by Crippen LogP contribution is 2.37. The SMILES string of the molecule is COc1cccc(/C=C2/SC(=S)N(C)C2=O)c1OCCCOc1ccccc1Cl. The molecule has 152 valence electrons. The van der Waals surface area contributed by atoms with Crippen LogP contribution in [-0.2, 0) is 4.79 Å². The van der Waals surface area contributed by atoms with Gasteiger partial charge in [0.1, 0.15) is 10.1 Å². The van der Waals surface area contributed by atoms with E-state index in [-0.39, 0.29) is 5.91 Å². The highest BCUT2D eigenvalue weighted by molar-refractivity contribution is 8.26. The van der Waals surface area contributed by atoms with Crippen molar-refractivity contribution in [1.82, 2.24) is 4.90 Å². The van der Waals surface area contributed by atoms with Crippen molar-refractivity contribution < 1.29 is 19.0 Å². The first-order valence-electron chi connectivity index (χ1n) is 8.90. The van der Waals surface area contributed by atoms with Crippen molar-refractivity contribution in [2.24, 2.45) is 0 Å². The molecule has 1 fully saturated rings. The fourth-order valence-electron chi connectivity index (χ4n) is 2.63. The van der Waals surface area contributed by atoms with Crippen molar-refractivity contribution in [1.29, 1.82) is 0 Å². The van der Waals surface area contributed by atoms with E-state index in [1.807, 2.05) is 36.4 Å². The Hall–Kier alpha value is -2.22. The molecule has 0 atom stereocenters. The number of halogens is 1. The molecule has 2 aromatic rings. The average Bonchev–Trinajstić information content (AvgIpc) is 2.96. The van der Waals surface area contributed by atoms with Gasteiger partial charge in [0.2, 0.25) is 0 Å². The van der Waals surface area contributed by atoms with Crippen molar-refractivity contribution in [3.8, 4) is 17.2 Å². The summed E-state index contributed by atoms with van der Waals surface area (Å²) in [7, 11) is 3.25. The van der Waals surface area contributed by atoms with Gasteiger partial charge in [-0.25, -0.2) is 0 Å². The van der Waals surface area contributed by atoms with Crippen LogP contribution >= 0.6 is 35.6 Å². The maximum Gasteiger partial charge on any atom is 0.265 e. The molecule has 0 aliphatic carbocycles. The van der Waals surface area contributed by atoms with Gasteiger partial charge < -0.3 is 14.2 Å². The van der Waals surface area contributed by atoms with Crippen molar-refractivity contribution in [3.63, 3.8) is 0 Å². The van der Waals surface area contributed by atoms with Crippen LogP contribution in [0.15, 0.2) is 47.4 Å². The molecule has 0 bridgehead atoms. The van der Waals surface area contributed by atoms with Gasteiger partial charge in [-0.3, -0.25) is 9.69 Å². The van der Waals surface area contributed by atoms with Gasteiger partial charge in [0, 0.05) is 19.0 Å². The number of para-hydroxylation sites is 2. The van der Waals surface area contributed by atoms with E-state index in [1.54, 1.807) is 26.3 Å². The molecule has 2 aromatic carbocycles. The van der Waals surface area contributed by atoms with Crippen LogP contribution in [0.2, 0.25) is 5.02 Å². The first kappa shape index (κ1) is 21.5. The van der Waals surface area contributed by atoms with E-state index in [2.05, 4.69) is 0 Å². The quantitative estimate of drug-likeness (QED) is 0.320. The van der Waals surface area contributed by atoms with Gasteiger partial charge in [-0.2, -0.15) is 0 Å². The molecule has 3 rings (SSSR count). The van der Waals surface area contributed by atoms with Crippen LogP contribution in [0.5, 0.6) is 17.2 Å². The third-order valence-electron chi connectivity index (χ3n) is 4.13. The lowest BCUT2D eigenvalue weighted by molar-refractivity contribution is -0.121. The fourth-order valence-corrected chi connectivity index (χ4v) is 3.99. The number of likely N-dealkylation sites (N-methyl/N-ethyl adjacent to an activating group) is 1. The summed E-state index contributed by atoms with van der Waals surface area (Å²) in [6, 6.07) is 12.9. The average molecular weight is 450 g/mol. The summed E-state index contributed by atoms with van der Waals surface area (Å²) in [4.78, 5) is 14.3. The first-order valence-corrected chi connectivity index (χ1v) is 10.5. The lowest BCUT2D eigenvalue weighted by Gasteiger charge is -2.14. The number of ether oxygens (including phenoxy) is 3. The lowest BCUT2D eigenvalue weighted by atomic mass is 10.1. The second kappa shape index (κ2) is 10.0. The predicted octanol–water partition coefficient (Wildman–Crippen LogP) is 5.03. The van der Waals surface area contributed by atoms with Gasteiger partial charge in [0.25, 0.3) is 5.91 Å². The number of carbonyl (C=O) groups excluding carboxylic acids is 1. The van der Waals surface area contributed by atoms with Crippen LogP contribution in [0.3, 0.4) is 0 Å². The van der Waals surface area contributed by atoms with Crippen LogP contribution < -0.4 is 14.2 Å². The monoisotopic (exact) mass is 449 g/mol. The largest absolute Gasteiger partial charge is 0.493 e. The van der Waals surface area contributed by atoms with Gasteiger partial charge in [-0.15, -0.1) is 0 Å². The van der Waals surface area contributed by atoms with Gasteiger partial charge in [-0.05, 0) is 24.3 Å². The van der Waals surface area contributed by atoms with Crippen LogP contribution in [0.4, 0.5) is 0 Å². The zero-order valence-corrected chi connectivity index (χ0v) is 18.4. The number of methoxy groups -OCH3 is 1. The Kier molecular flexibility index (Phi) is 7.41. The summed E-state index contributed by atoms with van der Waals surface area (Å²) in [5.74, 6) is 1.70. The fraction of sp³-hybridized carbons (Fsp3) is 0.238. The summed E-state index contributed by atoms with van der Waals surface area (Å²) >= 11 is 12.5. The molecule has 0 aromatic heterocycles. The molecular formula is C21H20ClNO4S2. The highest BCUT2D eigenvalue weighted by atomic mass is 35.5. The maximum absolute atomic E-state index is 12.3.